The molecule has 2 rings (SSSR count). The first-order valence-electron chi connectivity index (χ1n) is 7.66. The van der Waals surface area contributed by atoms with Crippen LogP contribution in [-0.2, 0) is 11.2 Å². The molecule has 118 valence electrons. The third-order valence-corrected chi connectivity index (χ3v) is 4.91. The number of aryl methyl sites for hydroxylation is 1. The van der Waals surface area contributed by atoms with Crippen molar-refractivity contribution in [3.8, 4) is 0 Å². The predicted molar refractivity (Wildman–Crippen MR) is 93.7 cm³/mol. The lowest BCUT2D eigenvalue weighted by Crippen LogP contribution is -2.42. The summed E-state index contributed by atoms with van der Waals surface area (Å²) < 4.78 is 7.04. The third kappa shape index (κ3) is 4.04. The summed E-state index contributed by atoms with van der Waals surface area (Å²) in [5.41, 5.74) is 1.12. The van der Waals surface area contributed by atoms with E-state index in [1.54, 1.807) is 0 Å². The topological polar surface area (TPSA) is 50.3 Å². The van der Waals surface area contributed by atoms with E-state index in [-0.39, 0.29) is 6.10 Å². The van der Waals surface area contributed by atoms with Gasteiger partial charge in [-0.1, -0.05) is 13.3 Å². The Morgan fingerprint density at radius 2 is 2.19 bits per heavy atom. The number of hydrogen-bond donors (Lipinski definition) is 1. The molecular formula is C15H25IN4O. The van der Waals surface area contributed by atoms with E-state index in [1.807, 2.05) is 7.05 Å². The molecule has 1 aliphatic heterocycles. The molecule has 0 saturated carbocycles. The Bertz CT molecular complexity index is 481. The van der Waals surface area contributed by atoms with E-state index in [9.17, 15) is 0 Å². The van der Waals surface area contributed by atoms with E-state index in [0.717, 1.165) is 53.4 Å². The van der Waals surface area contributed by atoms with Crippen LogP contribution in [0.25, 0.3) is 0 Å². The lowest BCUT2D eigenvalue weighted by molar-refractivity contribution is -0.0443. The number of morpholine rings is 1. The summed E-state index contributed by atoms with van der Waals surface area (Å²) in [6, 6.07) is 0.527. The molecule has 1 fully saturated rings. The highest BCUT2D eigenvalue weighted by Crippen LogP contribution is 2.26. The number of ether oxygens (including phenoxy) is 1. The Hall–Kier alpha value is -0.470. The van der Waals surface area contributed by atoms with Crippen molar-refractivity contribution in [2.24, 2.45) is 0 Å². The Morgan fingerprint density at radius 3 is 2.81 bits per heavy atom. The molecule has 0 aliphatic carbocycles. The van der Waals surface area contributed by atoms with Gasteiger partial charge in [0, 0.05) is 26.2 Å². The van der Waals surface area contributed by atoms with Crippen molar-refractivity contribution >= 4 is 28.4 Å². The average Bonchev–Trinajstić information content (AvgIpc) is 2.49. The molecule has 2 heterocycles. The van der Waals surface area contributed by atoms with Crippen LogP contribution in [0.15, 0.2) is 0 Å². The summed E-state index contributed by atoms with van der Waals surface area (Å²) >= 11 is 2.33. The van der Waals surface area contributed by atoms with Crippen molar-refractivity contribution in [3.05, 3.63) is 15.1 Å². The second-order valence-electron chi connectivity index (χ2n) is 5.64. The fraction of sp³-hybridized carbons (Fsp3) is 0.733. The predicted octanol–water partition coefficient (Wildman–Crippen LogP) is 2.86. The Balaban J connectivity index is 2.27. The summed E-state index contributed by atoms with van der Waals surface area (Å²) in [5.74, 6) is 1.72. The number of halogens is 1. The minimum atomic E-state index is -0.0270. The van der Waals surface area contributed by atoms with Crippen LogP contribution in [-0.4, -0.2) is 47.7 Å². The zero-order valence-electron chi connectivity index (χ0n) is 13.3. The SMILES string of the molecule is CCCc1nc(C2CN(C(C)C)CCO2)nc(NC)c1I. The van der Waals surface area contributed by atoms with Gasteiger partial charge in [0.25, 0.3) is 0 Å². The molecule has 1 N–H and O–H groups in total. The molecule has 0 aromatic carbocycles. The molecule has 0 radical (unpaired) electrons. The largest absolute Gasteiger partial charge is 0.372 e. The number of anilines is 1. The van der Waals surface area contributed by atoms with Crippen molar-refractivity contribution < 1.29 is 4.74 Å². The number of nitrogens with zero attached hydrogens (tertiary/aromatic N) is 3. The second-order valence-corrected chi connectivity index (χ2v) is 6.72. The van der Waals surface area contributed by atoms with Crippen LogP contribution >= 0.6 is 22.6 Å². The van der Waals surface area contributed by atoms with Crippen LogP contribution in [0.1, 0.15) is 44.8 Å². The molecule has 21 heavy (non-hydrogen) atoms. The average molecular weight is 404 g/mol. The zero-order valence-corrected chi connectivity index (χ0v) is 15.5. The lowest BCUT2D eigenvalue weighted by atomic mass is 10.2. The molecule has 1 atom stereocenters. The first kappa shape index (κ1) is 16.9. The Morgan fingerprint density at radius 1 is 1.43 bits per heavy atom. The highest BCUT2D eigenvalue weighted by Gasteiger charge is 2.27. The van der Waals surface area contributed by atoms with Crippen LogP contribution in [0.2, 0.25) is 0 Å². The van der Waals surface area contributed by atoms with Crippen LogP contribution < -0.4 is 5.32 Å². The van der Waals surface area contributed by atoms with Crippen molar-refractivity contribution in [3.63, 3.8) is 0 Å². The fourth-order valence-corrected chi connectivity index (χ4v) is 3.30. The molecule has 1 aliphatic rings. The monoisotopic (exact) mass is 404 g/mol. The van der Waals surface area contributed by atoms with Crippen LogP contribution in [0.3, 0.4) is 0 Å². The minimum absolute atomic E-state index is 0.0270. The summed E-state index contributed by atoms with van der Waals surface area (Å²) in [5, 5.41) is 3.18. The van der Waals surface area contributed by atoms with Crippen LogP contribution in [0.5, 0.6) is 0 Å². The fourth-order valence-electron chi connectivity index (χ4n) is 2.52. The molecule has 5 nitrogen and oxygen atoms in total. The van der Waals surface area contributed by atoms with Crippen molar-refractivity contribution in [1.82, 2.24) is 14.9 Å². The molecule has 1 saturated heterocycles. The van der Waals surface area contributed by atoms with Crippen molar-refractivity contribution in [2.75, 3.05) is 32.1 Å². The van der Waals surface area contributed by atoms with Crippen molar-refractivity contribution in [1.29, 1.82) is 0 Å². The van der Waals surface area contributed by atoms with E-state index < -0.39 is 0 Å². The summed E-state index contributed by atoms with van der Waals surface area (Å²) in [4.78, 5) is 11.9. The van der Waals surface area contributed by atoms with Gasteiger partial charge in [0.15, 0.2) is 5.82 Å². The Kier molecular flexibility index (Phi) is 6.19. The van der Waals surface area contributed by atoms with E-state index in [4.69, 9.17) is 9.72 Å². The first-order chi connectivity index (χ1) is 10.1. The molecule has 1 aromatic rings. The van der Waals surface area contributed by atoms with E-state index in [2.05, 4.69) is 58.6 Å². The van der Waals surface area contributed by atoms with E-state index in [1.165, 1.54) is 0 Å². The standard InChI is InChI=1S/C15H25IN4O/c1-5-6-11-13(16)15(17-4)19-14(18-11)12-9-20(10(2)3)7-8-21-12/h10,12H,5-9H2,1-4H3,(H,17,18,19). The van der Waals surface area contributed by atoms with Gasteiger partial charge in [-0.25, -0.2) is 9.97 Å². The van der Waals surface area contributed by atoms with E-state index >= 15 is 0 Å². The third-order valence-electron chi connectivity index (χ3n) is 3.78. The molecular weight excluding hydrogens is 379 g/mol. The normalized spacial score (nSPS) is 20.0. The van der Waals surface area contributed by atoms with Crippen molar-refractivity contribution in [2.45, 2.75) is 45.8 Å². The quantitative estimate of drug-likeness (QED) is 0.765. The maximum atomic E-state index is 5.92. The van der Waals surface area contributed by atoms with Crippen LogP contribution in [0, 0.1) is 3.57 Å². The van der Waals surface area contributed by atoms with Gasteiger partial charge >= 0.3 is 0 Å². The highest BCUT2D eigenvalue weighted by atomic mass is 127. The van der Waals surface area contributed by atoms with Gasteiger partial charge in [-0.15, -0.1) is 0 Å². The van der Waals surface area contributed by atoms with Gasteiger partial charge in [-0.05, 0) is 42.9 Å². The van der Waals surface area contributed by atoms with E-state index in [0.29, 0.717) is 6.04 Å². The number of hydrogen-bond acceptors (Lipinski definition) is 5. The highest BCUT2D eigenvalue weighted by molar-refractivity contribution is 14.1. The summed E-state index contributed by atoms with van der Waals surface area (Å²) in [6.07, 6.45) is 2.03. The smallest absolute Gasteiger partial charge is 0.161 e. The zero-order chi connectivity index (χ0) is 15.4. The van der Waals surface area contributed by atoms with Gasteiger partial charge in [0.2, 0.25) is 0 Å². The molecule has 0 bridgehead atoms. The molecule has 6 heteroatoms. The summed E-state index contributed by atoms with van der Waals surface area (Å²) in [6.45, 7) is 9.22. The van der Waals surface area contributed by atoms with Crippen LogP contribution in [0.4, 0.5) is 5.82 Å². The van der Waals surface area contributed by atoms with Gasteiger partial charge < -0.3 is 10.1 Å². The van der Waals surface area contributed by atoms with Gasteiger partial charge in [-0.3, -0.25) is 4.90 Å². The minimum Gasteiger partial charge on any atom is -0.372 e. The second kappa shape index (κ2) is 7.69. The maximum absolute atomic E-state index is 5.92. The Labute approximate surface area is 141 Å². The first-order valence-corrected chi connectivity index (χ1v) is 8.74. The van der Waals surface area contributed by atoms with Gasteiger partial charge in [0.1, 0.15) is 11.9 Å². The molecule has 0 amide bonds. The lowest BCUT2D eigenvalue weighted by Gasteiger charge is -2.35. The van der Waals surface area contributed by atoms with Gasteiger partial charge in [-0.2, -0.15) is 0 Å². The number of nitrogens with one attached hydrogen (secondary N) is 1. The summed E-state index contributed by atoms with van der Waals surface area (Å²) in [7, 11) is 1.91. The van der Waals surface area contributed by atoms with Gasteiger partial charge in [0.05, 0.1) is 15.9 Å². The molecule has 1 aromatic heterocycles. The number of rotatable bonds is 5. The number of aromatic nitrogens is 2. The maximum Gasteiger partial charge on any atom is 0.161 e. The molecule has 0 spiro atoms. The molecule has 1 unspecified atom stereocenters.